The Bertz CT molecular complexity index is 756. The molecule has 0 aliphatic rings. The monoisotopic (exact) mass is 381 g/mol. The molecular formula is C16H12BrFeN3. The summed E-state index contributed by atoms with van der Waals surface area (Å²) in [7, 11) is 0. The molecule has 0 aliphatic heterocycles. The molecule has 21 heavy (non-hydrogen) atoms. The van der Waals surface area contributed by atoms with Crippen molar-refractivity contribution in [1.82, 2.24) is 15.0 Å². The van der Waals surface area contributed by atoms with E-state index >= 15 is 0 Å². The summed E-state index contributed by atoms with van der Waals surface area (Å²) in [6.45, 7) is 0. The third-order valence-electron chi connectivity index (χ3n) is 2.80. The van der Waals surface area contributed by atoms with Gasteiger partial charge in [0.15, 0.2) is 5.65 Å². The molecule has 0 saturated carbocycles. The zero-order valence-corrected chi connectivity index (χ0v) is 13.7. The van der Waals surface area contributed by atoms with Gasteiger partial charge in [-0.3, -0.25) is 0 Å². The summed E-state index contributed by atoms with van der Waals surface area (Å²) < 4.78 is 0.801. The normalized spacial score (nSPS) is 9.76. The maximum absolute atomic E-state index is 4.42. The van der Waals surface area contributed by atoms with Gasteiger partial charge in [-0.15, -0.1) is 0 Å². The van der Waals surface area contributed by atoms with Crippen molar-refractivity contribution in [1.29, 1.82) is 0 Å². The van der Waals surface area contributed by atoms with Gasteiger partial charge in [0.05, 0.1) is 11.3 Å². The molecule has 0 spiro atoms. The van der Waals surface area contributed by atoms with Crippen LogP contribution in [0.25, 0.3) is 22.6 Å². The zero-order chi connectivity index (χ0) is 13.8. The van der Waals surface area contributed by atoms with Crippen LogP contribution in [0.4, 0.5) is 0 Å². The van der Waals surface area contributed by atoms with E-state index in [0.29, 0.717) is 0 Å². The summed E-state index contributed by atoms with van der Waals surface area (Å²) in [5, 5.41) is 0. The molecule has 0 saturated heterocycles. The number of imidazole rings is 1. The second-order valence-corrected chi connectivity index (χ2v) is 5.04. The Balaban J connectivity index is 0.000000231. The molecule has 0 radical (unpaired) electrons. The molecule has 0 bridgehead atoms. The third kappa shape index (κ3) is 3.91. The first-order valence-electron chi connectivity index (χ1n) is 6.24. The molecule has 4 rings (SSSR count). The number of rotatable bonds is 1. The van der Waals surface area contributed by atoms with Gasteiger partial charge >= 0.3 is 17.1 Å². The number of aromatic amines is 1. The summed E-state index contributed by atoms with van der Waals surface area (Å²) in [6, 6.07) is 21.9. The van der Waals surface area contributed by atoms with E-state index in [2.05, 4.69) is 30.9 Å². The van der Waals surface area contributed by atoms with Gasteiger partial charge in [-0.25, -0.2) is 34.2 Å². The summed E-state index contributed by atoms with van der Waals surface area (Å²) in [6.07, 6.45) is 0. The molecule has 0 unspecified atom stereocenters. The first-order valence-corrected chi connectivity index (χ1v) is 7.03. The van der Waals surface area contributed by atoms with Crippen LogP contribution in [0.5, 0.6) is 0 Å². The fraction of sp³-hybridized carbons (Fsp3) is 0. The second-order valence-electron chi connectivity index (χ2n) is 4.23. The molecule has 3 nitrogen and oxygen atoms in total. The number of nitrogens with zero attached hydrogens (tertiary/aromatic N) is 2. The SMILES string of the molecule is Brc1ccc2[nH]c(-[c-]3cccc3)nc2n1.[Fe+2].c1cc[cH-]c1. The number of hydrogen-bond donors (Lipinski definition) is 1. The molecule has 0 atom stereocenters. The number of halogens is 1. The molecule has 2 aromatic heterocycles. The Kier molecular flexibility index (Phi) is 5.51. The Morgan fingerprint density at radius 1 is 1.00 bits per heavy atom. The third-order valence-corrected chi connectivity index (χ3v) is 3.25. The minimum Gasteiger partial charge on any atom is -0.347 e. The maximum atomic E-state index is 4.42. The van der Waals surface area contributed by atoms with Gasteiger partial charge in [-0.1, -0.05) is 5.56 Å². The van der Waals surface area contributed by atoms with E-state index in [1.807, 2.05) is 66.7 Å². The van der Waals surface area contributed by atoms with E-state index in [-0.39, 0.29) is 17.1 Å². The second kappa shape index (κ2) is 7.36. The van der Waals surface area contributed by atoms with Crippen LogP contribution >= 0.6 is 15.9 Å². The fourth-order valence-electron chi connectivity index (χ4n) is 1.86. The number of H-pyrrole nitrogens is 1. The minimum absolute atomic E-state index is 0. The van der Waals surface area contributed by atoms with Crippen molar-refractivity contribution in [2.75, 3.05) is 0 Å². The molecule has 4 aromatic rings. The van der Waals surface area contributed by atoms with E-state index in [4.69, 9.17) is 0 Å². The Morgan fingerprint density at radius 2 is 1.71 bits per heavy atom. The number of nitrogens with one attached hydrogen (secondary N) is 1. The molecular weight excluding hydrogens is 370 g/mol. The number of pyridine rings is 1. The number of fused-ring (bicyclic) bond motifs is 1. The van der Waals surface area contributed by atoms with Crippen LogP contribution in [-0.4, -0.2) is 15.0 Å². The van der Waals surface area contributed by atoms with E-state index in [1.54, 1.807) is 0 Å². The topological polar surface area (TPSA) is 41.6 Å². The maximum Gasteiger partial charge on any atom is 2.00 e. The van der Waals surface area contributed by atoms with Gasteiger partial charge < -0.3 is 4.98 Å². The van der Waals surface area contributed by atoms with Crippen LogP contribution in [-0.2, 0) is 17.1 Å². The molecule has 106 valence electrons. The Hall–Kier alpha value is -1.68. The molecule has 5 heteroatoms. The molecule has 1 N–H and O–H groups in total. The van der Waals surface area contributed by atoms with Crippen LogP contribution < -0.4 is 0 Å². The quantitative estimate of drug-likeness (QED) is 0.299. The van der Waals surface area contributed by atoms with Crippen LogP contribution in [0.15, 0.2) is 71.3 Å². The average Bonchev–Trinajstić information content (AvgIpc) is 3.20. The summed E-state index contributed by atoms with van der Waals surface area (Å²) in [5.74, 6) is 0.862. The Labute approximate surface area is 141 Å². The van der Waals surface area contributed by atoms with E-state index in [1.165, 1.54) is 0 Å². The van der Waals surface area contributed by atoms with Gasteiger partial charge in [-0.05, 0) is 28.1 Å². The van der Waals surface area contributed by atoms with Crippen molar-refractivity contribution in [2.24, 2.45) is 0 Å². The van der Waals surface area contributed by atoms with Gasteiger partial charge in [-0.2, -0.15) is 30.3 Å². The van der Waals surface area contributed by atoms with Crippen LogP contribution in [0.2, 0.25) is 0 Å². The van der Waals surface area contributed by atoms with Gasteiger partial charge in [0.2, 0.25) is 0 Å². The zero-order valence-electron chi connectivity index (χ0n) is 11.0. The number of hydrogen-bond acceptors (Lipinski definition) is 2. The van der Waals surface area contributed by atoms with Crippen molar-refractivity contribution in [3.8, 4) is 11.4 Å². The van der Waals surface area contributed by atoms with Crippen molar-refractivity contribution >= 4 is 27.1 Å². The van der Waals surface area contributed by atoms with Crippen LogP contribution in [0, 0.1) is 0 Å². The van der Waals surface area contributed by atoms with E-state index in [9.17, 15) is 0 Å². The van der Waals surface area contributed by atoms with Crippen molar-refractivity contribution in [3.63, 3.8) is 0 Å². The smallest absolute Gasteiger partial charge is 0.347 e. The van der Waals surface area contributed by atoms with Crippen molar-refractivity contribution < 1.29 is 17.1 Å². The largest absolute Gasteiger partial charge is 2.00 e. The molecule has 0 fully saturated rings. The van der Waals surface area contributed by atoms with Crippen LogP contribution in [0.3, 0.4) is 0 Å². The molecule has 2 heterocycles. The standard InChI is InChI=1S/C11H7BrN3.C5H5.Fe/c12-9-6-5-8-11(14-9)15-10(13-8)7-3-1-2-4-7;1-2-4-5-3-1;/h1-6H,(H,13,14,15);1-5H;/q2*-1;+2. The molecule has 2 aromatic carbocycles. The molecule has 0 aliphatic carbocycles. The van der Waals surface area contributed by atoms with Crippen molar-refractivity contribution in [2.45, 2.75) is 0 Å². The predicted octanol–water partition coefficient (Wildman–Crippen LogP) is 4.51. The first-order chi connectivity index (χ1) is 9.83. The molecule has 0 amide bonds. The average molecular weight is 382 g/mol. The summed E-state index contributed by atoms with van der Waals surface area (Å²) >= 11 is 3.33. The Morgan fingerprint density at radius 3 is 2.33 bits per heavy atom. The van der Waals surface area contributed by atoms with Gasteiger partial charge in [0.1, 0.15) is 4.60 Å². The van der Waals surface area contributed by atoms with E-state index in [0.717, 1.165) is 27.2 Å². The summed E-state index contributed by atoms with van der Waals surface area (Å²) in [5.41, 5.74) is 2.78. The van der Waals surface area contributed by atoms with Crippen LogP contribution in [0.1, 0.15) is 0 Å². The van der Waals surface area contributed by atoms with Crippen molar-refractivity contribution in [3.05, 3.63) is 71.3 Å². The van der Waals surface area contributed by atoms with Gasteiger partial charge in [0, 0.05) is 0 Å². The number of aromatic nitrogens is 3. The minimum atomic E-state index is 0. The van der Waals surface area contributed by atoms with E-state index < -0.39 is 0 Å². The summed E-state index contributed by atoms with van der Waals surface area (Å²) in [4.78, 5) is 11.9. The fourth-order valence-corrected chi connectivity index (χ4v) is 2.16. The predicted molar refractivity (Wildman–Crippen MR) is 84.7 cm³/mol. The first kappa shape index (κ1) is 15.7. The van der Waals surface area contributed by atoms with Gasteiger partial charge in [0.25, 0.3) is 0 Å².